The quantitative estimate of drug-likeness (QED) is 0.500. The third kappa shape index (κ3) is 8.73. The Bertz CT molecular complexity index is 773. The largest absolute Gasteiger partial charge is 0.484 e. The summed E-state index contributed by atoms with van der Waals surface area (Å²) < 4.78 is 41.7. The third-order valence-corrected chi connectivity index (χ3v) is 4.05. The maximum atomic E-state index is 12.3. The lowest BCUT2D eigenvalue weighted by Gasteiger charge is -2.13. The molecule has 0 saturated carbocycles. The SMILES string of the molecule is Cc1cccc(N=C(N)SCc2nccc(OCC(F)(F)F)c2C)c1.Cl.Cl. The number of benzene rings is 1. The molecule has 0 radical (unpaired) electrons. The fraction of sp³-hybridized carbons (Fsp3) is 0.294. The number of halogens is 5. The molecule has 0 bridgehead atoms. The minimum atomic E-state index is -4.38. The molecule has 1 aromatic carbocycles. The Balaban J connectivity index is 0.00000338. The van der Waals surface area contributed by atoms with E-state index in [2.05, 4.69) is 9.98 Å². The number of nitrogens with two attached hydrogens (primary N) is 1. The second-order valence-electron chi connectivity index (χ2n) is 5.36. The van der Waals surface area contributed by atoms with E-state index in [4.69, 9.17) is 10.5 Å². The predicted molar refractivity (Wildman–Crippen MR) is 109 cm³/mol. The van der Waals surface area contributed by atoms with Crippen molar-refractivity contribution in [2.45, 2.75) is 25.8 Å². The average Bonchev–Trinajstić information content (AvgIpc) is 2.52. The molecule has 150 valence electrons. The summed E-state index contributed by atoms with van der Waals surface area (Å²) >= 11 is 1.26. The Labute approximate surface area is 172 Å². The first-order valence-corrected chi connectivity index (χ1v) is 8.41. The van der Waals surface area contributed by atoms with Crippen LogP contribution < -0.4 is 10.5 Å². The van der Waals surface area contributed by atoms with Crippen LogP contribution in [0.25, 0.3) is 0 Å². The van der Waals surface area contributed by atoms with Crippen molar-refractivity contribution >= 4 is 47.4 Å². The summed E-state index contributed by atoms with van der Waals surface area (Å²) in [6, 6.07) is 9.01. The van der Waals surface area contributed by atoms with Crippen LogP contribution in [0.5, 0.6) is 5.75 Å². The van der Waals surface area contributed by atoms with Crippen molar-refractivity contribution in [1.82, 2.24) is 4.98 Å². The number of nitrogens with zero attached hydrogens (tertiary/aromatic N) is 2. The molecule has 0 aliphatic heterocycles. The topological polar surface area (TPSA) is 60.5 Å². The van der Waals surface area contributed by atoms with Crippen LogP contribution in [-0.4, -0.2) is 22.9 Å². The standard InChI is InChI=1S/C17H18F3N3OS.2ClH/c1-11-4-3-5-13(8-11)23-16(21)25-9-14-12(2)15(6-7-22-14)24-10-17(18,19)20;;/h3-8H,9-10H2,1-2H3,(H2,21,23);2*1H. The summed E-state index contributed by atoms with van der Waals surface area (Å²) in [5, 5.41) is 0.355. The third-order valence-electron chi connectivity index (χ3n) is 3.25. The fourth-order valence-electron chi connectivity index (χ4n) is 2.02. The van der Waals surface area contributed by atoms with Crippen molar-refractivity contribution in [3.05, 3.63) is 53.3 Å². The zero-order valence-corrected chi connectivity index (χ0v) is 17.1. The van der Waals surface area contributed by atoms with Gasteiger partial charge in [0.25, 0.3) is 0 Å². The molecule has 2 N–H and O–H groups in total. The summed E-state index contributed by atoms with van der Waals surface area (Å²) in [6.45, 7) is 2.30. The van der Waals surface area contributed by atoms with E-state index in [-0.39, 0.29) is 30.6 Å². The minimum Gasteiger partial charge on any atom is -0.484 e. The van der Waals surface area contributed by atoms with Crippen LogP contribution in [0.4, 0.5) is 18.9 Å². The molecule has 0 aliphatic carbocycles. The molecular formula is C17H20Cl2F3N3OS. The summed E-state index contributed by atoms with van der Waals surface area (Å²) in [5.74, 6) is 0.549. The molecule has 27 heavy (non-hydrogen) atoms. The average molecular weight is 442 g/mol. The first-order valence-electron chi connectivity index (χ1n) is 7.42. The van der Waals surface area contributed by atoms with Crippen LogP contribution in [0.3, 0.4) is 0 Å². The number of aryl methyl sites for hydroxylation is 1. The van der Waals surface area contributed by atoms with Crippen LogP contribution in [-0.2, 0) is 5.75 Å². The van der Waals surface area contributed by atoms with Gasteiger partial charge in [-0.2, -0.15) is 13.2 Å². The van der Waals surface area contributed by atoms with Crippen molar-refractivity contribution in [3.8, 4) is 5.75 Å². The number of hydrogen-bond acceptors (Lipinski definition) is 4. The molecule has 0 fully saturated rings. The highest BCUT2D eigenvalue weighted by molar-refractivity contribution is 8.13. The molecule has 0 spiro atoms. The van der Waals surface area contributed by atoms with E-state index in [0.29, 0.717) is 22.2 Å². The molecule has 4 nitrogen and oxygen atoms in total. The molecule has 10 heteroatoms. The highest BCUT2D eigenvalue weighted by Crippen LogP contribution is 2.25. The van der Waals surface area contributed by atoms with Gasteiger partial charge < -0.3 is 10.5 Å². The summed E-state index contributed by atoms with van der Waals surface area (Å²) in [6.07, 6.45) is -2.96. The number of amidine groups is 1. The molecule has 2 rings (SSSR count). The monoisotopic (exact) mass is 441 g/mol. The number of aliphatic imine (C=N–C) groups is 1. The number of rotatable bonds is 5. The summed E-state index contributed by atoms with van der Waals surface area (Å²) in [5.41, 5.74) is 8.90. The Hall–Kier alpha value is -1.64. The number of ether oxygens (including phenoxy) is 1. The molecule has 0 atom stereocenters. The number of alkyl halides is 3. The summed E-state index contributed by atoms with van der Waals surface area (Å²) in [4.78, 5) is 8.49. The molecule has 0 amide bonds. The zero-order valence-electron chi connectivity index (χ0n) is 14.6. The molecule has 2 aromatic rings. The predicted octanol–water partition coefficient (Wildman–Crippen LogP) is 5.36. The van der Waals surface area contributed by atoms with E-state index in [1.165, 1.54) is 24.0 Å². The molecule has 0 unspecified atom stereocenters. The van der Waals surface area contributed by atoms with Crippen molar-refractivity contribution in [1.29, 1.82) is 0 Å². The highest BCUT2D eigenvalue weighted by atomic mass is 35.5. The molecule has 1 heterocycles. The second-order valence-corrected chi connectivity index (χ2v) is 6.36. The zero-order chi connectivity index (χ0) is 18.4. The van der Waals surface area contributed by atoms with Gasteiger partial charge in [0.05, 0.1) is 11.4 Å². The van der Waals surface area contributed by atoms with E-state index in [1.54, 1.807) is 6.92 Å². The fourth-order valence-corrected chi connectivity index (χ4v) is 2.77. The van der Waals surface area contributed by atoms with E-state index in [9.17, 15) is 13.2 Å². The van der Waals surface area contributed by atoms with Gasteiger partial charge in [-0.25, -0.2) is 4.99 Å². The second kappa shape index (κ2) is 11.3. The Morgan fingerprint density at radius 1 is 1.22 bits per heavy atom. The van der Waals surface area contributed by atoms with Gasteiger partial charge in [0.1, 0.15) is 5.75 Å². The Morgan fingerprint density at radius 3 is 2.56 bits per heavy atom. The van der Waals surface area contributed by atoms with Gasteiger partial charge in [-0.1, -0.05) is 23.9 Å². The molecule has 0 saturated heterocycles. The van der Waals surface area contributed by atoms with E-state index in [0.717, 1.165) is 11.3 Å². The smallest absolute Gasteiger partial charge is 0.422 e. The molecule has 0 aliphatic rings. The van der Waals surface area contributed by atoms with Crippen LogP contribution in [0, 0.1) is 13.8 Å². The minimum absolute atomic E-state index is 0. The lowest BCUT2D eigenvalue weighted by molar-refractivity contribution is -0.153. The van der Waals surface area contributed by atoms with E-state index < -0.39 is 12.8 Å². The van der Waals surface area contributed by atoms with Gasteiger partial charge in [0.15, 0.2) is 11.8 Å². The van der Waals surface area contributed by atoms with Gasteiger partial charge in [-0.05, 0) is 37.6 Å². The van der Waals surface area contributed by atoms with Gasteiger partial charge in [0, 0.05) is 17.5 Å². The van der Waals surface area contributed by atoms with E-state index in [1.807, 2.05) is 31.2 Å². The maximum absolute atomic E-state index is 12.3. The highest BCUT2D eigenvalue weighted by Gasteiger charge is 2.28. The number of pyridine rings is 1. The van der Waals surface area contributed by atoms with Crippen LogP contribution in [0.15, 0.2) is 41.5 Å². The number of aromatic nitrogens is 1. The number of hydrogen-bond donors (Lipinski definition) is 1. The molecule has 1 aromatic heterocycles. The van der Waals surface area contributed by atoms with Crippen LogP contribution >= 0.6 is 36.6 Å². The number of thioether (sulfide) groups is 1. The Morgan fingerprint density at radius 2 is 1.93 bits per heavy atom. The van der Waals surface area contributed by atoms with Gasteiger partial charge >= 0.3 is 6.18 Å². The van der Waals surface area contributed by atoms with Crippen molar-refractivity contribution in [2.75, 3.05) is 6.61 Å². The van der Waals surface area contributed by atoms with Crippen molar-refractivity contribution in [3.63, 3.8) is 0 Å². The normalized spacial score (nSPS) is 11.4. The lowest BCUT2D eigenvalue weighted by Crippen LogP contribution is -2.19. The Kier molecular flexibility index (Phi) is 10.6. The van der Waals surface area contributed by atoms with Crippen molar-refractivity contribution in [2.24, 2.45) is 10.7 Å². The van der Waals surface area contributed by atoms with Gasteiger partial charge in [-0.15, -0.1) is 24.8 Å². The first kappa shape index (κ1) is 25.4. The maximum Gasteiger partial charge on any atom is 0.422 e. The van der Waals surface area contributed by atoms with Gasteiger partial charge in [0.2, 0.25) is 0 Å². The lowest BCUT2D eigenvalue weighted by atomic mass is 10.2. The summed E-state index contributed by atoms with van der Waals surface area (Å²) in [7, 11) is 0. The van der Waals surface area contributed by atoms with Crippen LogP contribution in [0.1, 0.15) is 16.8 Å². The molecular weight excluding hydrogens is 422 g/mol. The van der Waals surface area contributed by atoms with Crippen LogP contribution in [0.2, 0.25) is 0 Å². The first-order chi connectivity index (χ1) is 11.7. The van der Waals surface area contributed by atoms with E-state index >= 15 is 0 Å². The van der Waals surface area contributed by atoms with Gasteiger partial charge in [-0.3, -0.25) is 4.98 Å². The van der Waals surface area contributed by atoms with Crippen molar-refractivity contribution < 1.29 is 17.9 Å².